The van der Waals surface area contributed by atoms with Gasteiger partial charge in [-0.05, 0) is 59.1 Å². The van der Waals surface area contributed by atoms with Crippen molar-refractivity contribution >= 4 is 44.2 Å². The van der Waals surface area contributed by atoms with E-state index in [-0.39, 0.29) is 17.8 Å². The summed E-state index contributed by atoms with van der Waals surface area (Å²) in [5, 5.41) is 9.66. The lowest BCUT2D eigenvalue weighted by Gasteiger charge is -2.33. The molecule has 1 fully saturated rings. The predicted molar refractivity (Wildman–Crippen MR) is 142 cm³/mol. The molecule has 182 valence electrons. The summed E-state index contributed by atoms with van der Waals surface area (Å²) in [6.07, 6.45) is 1.53. The van der Waals surface area contributed by atoms with Gasteiger partial charge in [0.2, 0.25) is 5.91 Å². The van der Waals surface area contributed by atoms with Crippen molar-refractivity contribution in [2.24, 2.45) is 0 Å². The van der Waals surface area contributed by atoms with Gasteiger partial charge in [0.25, 0.3) is 0 Å². The van der Waals surface area contributed by atoms with Crippen LogP contribution in [0.1, 0.15) is 11.1 Å². The van der Waals surface area contributed by atoms with Crippen LogP contribution >= 0.6 is 11.3 Å². The van der Waals surface area contributed by atoms with E-state index in [2.05, 4.69) is 60.1 Å². The Kier molecular flexibility index (Phi) is 5.86. The minimum atomic E-state index is -0.366. The Bertz CT molecular complexity index is 1580. The average molecular weight is 501 g/mol. The summed E-state index contributed by atoms with van der Waals surface area (Å²) in [5.41, 5.74) is 4.73. The first kappa shape index (κ1) is 22.6. The maximum atomic E-state index is 14.1. The fourth-order valence-electron chi connectivity index (χ4n) is 4.64. The highest BCUT2D eigenvalue weighted by Gasteiger charge is 2.27. The lowest BCUT2D eigenvalue weighted by molar-refractivity contribution is -0.123. The summed E-state index contributed by atoms with van der Waals surface area (Å²) in [4.78, 5) is 27.4. The molecule has 1 aliphatic rings. The van der Waals surface area contributed by atoms with Crippen LogP contribution in [-0.2, 0) is 11.3 Å². The van der Waals surface area contributed by atoms with Gasteiger partial charge in [0.15, 0.2) is 5.82 Å². The molecule has 0 unspecified atom stereocenters. The van der Waals surface area contributed by atoms with E-state index >= 15 is 0 Å². The maximum absolute atomic E-state index is 14.1. The van der Waals surface area contributed by atoms with Crippen molar-refractivity contribution in [3.8, 4) is 11.3 Å². The molecular formula is C27H25FN6OS. The lowest BCUT2D eigenvalue weighted by Crippen LogP contribution is -2.57. The molecule has 0 radical (unpaired) electrons. The quantitative estimate of drug-likeness (QED) is 0.334. The Hall–Kier alpha value is -3.82. The molecule has 1 atom stereocenters. The Balaban J connectivity index is 1.19. The van der Waals surface area contributed by atoms with Crippen LogP contribution in [0.4, 0.5) is 10.2 Å². The lowest BCUT2D eigenvalue weighted by atomic mass is 10.1. The molecule has 6 rings (SSSR count). The molecule has 3 N–H and O–H groups in total. The summed E-state index contributed by atoms with van der Waals surface area (Å²) in [5.74, 6) is 0.447. The first-order chi connectivity index (χ1) is 17.5. The SMILES string of the molecule is Cc1ccc(-c2cc3ncnc(N4CCN[C@H](C(=O)NCc5ccc6sccc6c5)C4)c3[nH]2)cc1F. The zero-order chi connectivity index (χ0) is 24.6. The molecule has 36 heavy (non-hydrogen) atoms. The zero-order valence-electron chi connectivity index (χ0n) is 19.7. The average Bonchev–Trinajstić information content (AvgIpc) is 3.55. The van der Waals surface area contributed by atoms with Gasteiger partial charge in [0, 0.05) is 42.1 Å². The van der Waals surface area contributed by atoms with Gasteiger partial charge >= 0.3 is 0 Å². The second kappa shape index (κ2) is 9.33. The van der Waals surface area contributed by atoms with E-state index < -0.39 is 0 Å². The van der Waals surface area contributed by atoms with E-state index in [9.17, 15) is 9.18 Å². The topological polar surface area (TPSA) is 85.9 Å². The highest BCUT2D eigenvalue weighted by Crippen LogP contribution is 2.29. The molecule has 1 aliphatic heterocycles. The standard InChI is InChI=1S/C27H25FN6OS/c1-16-2-4-18(11-20(16)28)21-12-22-25(33-21)26(32-15-31-22)34-8-7-29-23(14-34)27(35)30-13-17-3-5-24-19(10-17)6-9-36-24/h2-6,9-12,15,23,29,33H,7-8,13-14H2,1H3,(H,30,35)/t23-/m0/s1. The van der Waals surface area contributed by atoms with Gasteiger partial charge in [0.05, 0.1) is 5.52 Å². The van der Waals surface area contributed by atoms with Crippen LogP contribution in [-0.4, -0.2) is 46.5 Å². The second-order valence-electron chi connectivity index (χ2n) is 9.07. The number of anilines is 1. The van der Waals surface area contributed by atoms with Crippen molar-refractivity contribution in [2.75, 3.05) is 24.5 Å². The van der Waals surface area contributed by atoms with Gasteiger partial charge in [-0.3, -0.25) is 4.79 Å². The van der Waals surface area contributed by atoms with E-state index in [1.807, 2.05) is 12.1 Å². The van der Waals surface area contributed by atoms with E-state index in [0.29, 0.717) is 31.7 Å². The highest BCUT2D eigenvalue weighted by molar-refractivity contribution is 7.17. The van der Waals surface area contributed by atoms with Crippen molar-refractivity contribution in [3.05, 3.63) is 77.2 Å². The number of halogens is 1. The molecule has 1 amide bonds. The van der Waals surface area contributed by atoms with Crippen molar-refractivity contribution < 1.29 is 9.18 Å². The second-order valence-corrected chi connectivity index (χ2v) is 10.0. The third-order valence-corrected chi connectivity index (χ3v) is 7.55. The van der Waals surface area contributed by atoms with Crippen LogP contribution in [0.3, 0.4) is 0 Å². The first-order valence-corrected chi connectivity index (χ1v) is 12.8. The number of H-pyrrole nitrogens is 1. The number of hydrogen-bond acceptors (Lipinski definition) is 6. The number of aromatic nitrogens is 3. The summed E-state index contributed by atoms with van der Waals surface area (Å²) in [6.45, 7) is 4.06. The van der Waals surface area contributed by atoms with E-state index in [0.717, 1.165) is 33.7 Å². The third kappa shape index (κ3) is 4.31. The molecule has 1 saturated heterocycles. The minimum Gasteiger partial charge on any atom is -0.351 e. The predicted octanol–water partition coefficient (Wildman–Crippen LogP) is 4.38. The summed E-state index contributed by atoms with van der Waals surface area (Å²) in [7, 11) is 0. The maximum Gasteiger partial charge on any atom is 0.239 e. The number of benzene rings is 2. The number of fused-ring (bicyclic) bond motifs is 2. The number of nitrogens with one attached hydrogen (secondary N) is 3. The third-order valence-electron chi connectivity index (χ3n) is 6.66. The van der Waals surface area contributed by atoms with Crippen LogP contribution in [0.25, 0.3) is 32.4 Å². The normalized spacial score (nSPS) is 16.1. The molecule has 5 aromatic rings. The summed E-state index contributed by atoms with van der Waals surface area (Å²) < 4.78 is 15.4. The van der Waals surface area contributed by atoms with Crippen LogP contribution in [0, 0.1) is 12.7 Å². The Labute approximate surface area is 211 Å². The minimum absolute atomic E-state index is 0.0438. The fourth-order valence-corrected chi connectivity index (χ4v) is 5.41. The number of carbonyl (C=O) groups is 1. The fraction of sp³-hybridized carbons (Fsp3) is 0.222. The molecule has 0 aliphatic carbocycles. The largest absolute Gasteiger partial charge is 0.351 e. The van der Waals surface area contributed by atoms with Gasteiger partial charge in [-0.25, -0.2) is 14.4 Å². The van der Waals surface area contributed by atoms with Gasteiger partial charge in [-0.15, -0.1) is 11.3 Å². The number of hydrogen-bond donors (Lipinski definition) is 3. The molecule has 0 bridgehead atoms. The number of amides is 1. The summed E-state index contributed by atoms with van der Waals surface area (Å²) >= 11 is 1.71. The van der Waals surface area contributed by atoms with Crippen LogP contribution in [0.2, 0.25) is 0 Å². The highest BCUT2D eigenvalue weighted by atomic mass is 32.1. The Morgan fingerprint density at radius 3 is 3.00 bits per heavy atom. The van der Waals surface area contributed by atoms with E-state index in [1.54, 1.807) is 24.3 Å². The molecule has 2 aromatic carbocycles. The number of nitrogens with zero attached hydrogens (tertiary/aromatic N) is 3. The van der Waals surface area contributed by atoms with E-state index in [4.69, 9.17) is 0 Å². The van der Waals surface area contributed by atoms with E-state index in [1.165, 1.54) is 22.5 Å². The number of carbonyl (C=O) groups excluding carboxylic acids is 1. The van der Waals surface area contributed by atoms with Crippen molar-refractivity contribution in [1.82, 2.24) is 25.6 Å². The Morgan fingerprint density at radius 1 is 1.19 bits per heavy atom. The zero-order valence-corrected chi connectivity index (χ0v) is 20.5. The van der Waals surface area contributed by atoms with Crippen molar-refractivity contribution in [3.63, 3.8) is 0 Å². The number of piperazine rings is 1. The molecular weight excluding hydrogens is 475 g/mol. The summed E-state index contributed by atoms with van der Waals surface area (Å²) in [6, 6.07) is 15.1. The number of aromatic amines is 1. The molecule has 7 nitrogen and oxygen atoms in total. The van der Waals surface area contributed by atoms with Crippen LogP contribution in [0.15, 0.2) is 60.2 Å². The Morgan fingerprint density at radius 2 is 2.11 bits per heavy atom. The monoisotopic (exact) mass is 500 g/mol. The number of thiophene rings is 1. The molecule has 4 heterocycles. The molecule has 9 heteroatoms. The number of aryl methyl sites for hydroxylation is 1. The molecule has 0 saturated carbocycles. The van der Waals surface area contributed by atoms with Crippen molar-refractivity contribution in [1.29, 1.82) is 0 Å². The van der Waals surface area contributed by atoms with Gasteiger partial charge in [0.1, 0.15) is 23.7 Å². The molecule has 3 aromatic heterocycles. The van der Waals surface area contributed by atoms with Gasteiger partial charge < -0.3 is 20.5 Å². The van der Waals surface area contributed by atoms with Gasteiger partial charge in [-0.1, -0.05) is 18.2 Å². The molecule has 0 spiro atoms. The van der Waals surface area contributed by atoms with Gasteiger partial charge in [-0.2, -0.15) is 0 Å². The van der Waals surface area contributed by atoms with Crippen LogP contribution in [0.5, 0.6) is 0 Å². The van der Waals surface area contributed by atoms with Crippen LogP contribution < -0.4 is 15.5 Å². The first-order valence-electron chi connectivity index (χ1n) is 11.9. The van der Waals surface area contributed by atoms with Crippen molar-refractivity contribution in [2.45, 2.75) is 19.5 Å². The number of rotatable bonds is 5. The smallest absolute Gasteiger partial charge is 0.239 e.